The van der Waals surface area contributed by atoms with Crippen LogP contribution in [-0.4, -0.2) is 16.1 Å². The number of carbonyl (C=O) groups excluding carboxylic acids is 1. The summed E-state index contributed by atoms with van der Waals surface area (Å²) in [7, 11) is 0. The lowest BCUT2D eigenvalue weighted by atomic mass is 9.80. The fourth-order valence-electron chi connectivity index (χ4n) is 2.59. The minimum Gasteiger partial charge on any atom is -0.322 e. The highest BCUT2D eigenvalue weighted by atomic mass is 35.5. The number of benzene rings is 1. The molecule has 1 aliphatic rings. The van der Waals surface area contributed by atoms with E-state index in [1.54, 1.807) is 6.92 Å². The largest absolute Gasteiger partial charge is 0.322 e. The van der Waals surface area contributed by atoms with Crippen molar-refractivity contribution >= 4 is 23.2 Å². The number of amides is 1. The van der Waals surface area contributed by atoms with Crippen LogP contribution in [0.15, 0.2) is 18.2 Å². The van der Waals surface area contributed by atoms with Gasteiger partial charge in [-0.1, -0.05) is 17.7 Å². The molecule has 2 heterocycles. The topological polar surface area (TPSA) is 81.6 Å². The molecule has 0 aliphatic carbocycles. The van der Waals surface area contributed by atoms with E-state index in [-0.39, 0.29) is 10.6 Å². The summed E-state index contributed by atoms with van der Waals surface area (Å²) in [5.41, 5.74) is 1.67. The Morgan fingerprint density at radius 2 is 2.24 bits per heavy atom. The Bertz CT molecular complexity index is 760. The van der Waals surface area contributed by atoms with E-state index in [4.69, 9.17) is 11.6 Å². The van der Waals surface area contributed by atoms with E-state index in [0.29, 0.717) is 17.1 Å². The molecule has 0 radical (unpaired) electrons. The Morgan fingerprint density at radius 3 is 2.90 bits per heavy atom. The molecule has 1 aromatic carbocycles. The third kappa shape index (κ3) is 1.98. The maximum atomic E-state index is 14.2. The zero-order chi connectivity index (χ0) is 15.1. The monoisotopic (exact) mass is 304 g/mol. The summed E-state index contributed by atoms with van der Waals surface area (Å²) in [5.74, 6) is -2.97. The van der Waals surface area contributed by atoms with Crippen LogP contribution in [-0.2, 0) is 4.79 Å². The van der Waals surface area contributed by atoms with Gasteiger partial charge < -0.3 is 5.32 Å². The van der Waals surface area contributed by atoms with Gasteiger partial charge in [-0.05, 0) is 19.1 Å². The highest BCUT2D eigenvalue weighted by molar-refractivity contribution is 6.31. The van der Waals surface area contributed by atoms with Gasteiger partial charge in [-0.2, -0.15) is 10.4 Å². The Kier molecular flexibility index (Phi) is 3.15. The molecule has 1 aromatic heterocycles. The van der Waals surface area contributed by atoms with Gasteiger partial charge >= 0.3 is 0 Å². The molecule has 0 saturated carbocycles. The Labute approximate surface area is 124 Å². The highest BCUT2D eigenvalue weighted by Crippen LogP contribution is 2.43. The highest BCUT2D eigenvalue weighted by Gasteiger charge is 2.41. The summed E-state index contributed by atoms with van der Waals surface area (Å²) in [6.45, 7) is 1.73. The molecule has 1 amide bonds. The van der Waals surface area contributed by atoms with Crippen LogP contribution in [0.2, 0.25) is 5.02 Å². The van der Waals surface area contributed by atoms with Crippen LogP contribution in [0.25, 0.3) is 0 Å². The molecular formula is C14H10ClFN4O. The smallest absolute Gasteiger partial charge is 0.242 e. The molecule has 0 bridgehead atoms. The molecule has 0 spiro atoms. The van der Waals surface area contributed by atoms with Crippen LogP contribution >= 0.6 is 11.6 Å². The molecule has 106 valence electrons. The maximum Gasteiger partial charge on any atom is 0.242 e. The Hall–Kier alpha value is -2.39. The number of fused-ring (bicyclic) bond motifs is 1. The number of carbonyl (C=O) groups is 1. The van der Waals surface area contributed by atoms with Crippen molar-refractivity contribution in [3.8, 4) is 6.07 Å². The average molecular weight is 305 g/mol. The molecule has 5 nitrogen and oxygen atoms in total. The third-order valence-electron chi connectivity index (χ3n) is 3.58. The molecule has 0 fully saturated rings. The number of halogens is 2. The minimum absolute atomic E-state index is 0.119. The number of nitrogens with one attached hydrogen (secondary N) is 2. The summed E-state index contributed by atoms with van der Waals surface area (Å²) in [5, 5.41) is 18.9. The van der Waals surface area contributed by atoms with E-state index in [0.717, 1.165) is 0 Å². The predicted molar refractivity (Wildman–Crippen MR) is 74.3 cm³/mol. The van der Waals surface area contributed by atoms with Gasteiger partial charge in [0.25, 0.3) is 0 Å². The maximum absolute atomic E-state index is 14.2. The first kappa shape index (κ1) is 13.6. The van der Waals surface area contributed by atoms with E-state index in [9.17, 15) is 14.4 Å². The molecule has 0 saturated heterocycles. The summed E-state index contributed by atoms with van der Waals surface area (Å²) < 4.78 is 14.2. The van der Waals surface area contributed by atoms with E-state index in [2.05, 4.69) is 15.5 Å². The van der Waals surface area contributed by atoms with Crippen molar-refractivity contribution < 1.29 is 9.18 Å². The van der Waals surface area contributed by atoms with Crippen LogP contribution in [0.5, 0.6) is 0 Å². The van der Waals surface area contributed by atoms with Gasteiger partial charge in [-0.3, -0.25) is 9.89 Å². The van der Waals surface area contributed by atoms with Crippen LogP contribution in [0.3, 0.4) is 0 Å². The van der Waals surface area contributed by atoms with Gasteiger partial charge in [0.05, 0.1) is 29.1 Å². The van der Waals surface area contributed by atoms with E-state index >= 15 is 0 Å². The second kappa shape index (κ2) is 4.86. The quantitative estimate of drug-likeness (QED) is 0.850. The van der Waals surface area contributed by atoms with Crippen LogP contribution in [0.1, 0.15) is 22.9 Å². The molecular weight excluding hydrogens is 295 g/mol. The standard InChI is InChI=1S/C14H10ClFN4O/c1-6-12-13(20-19-6)10(7(5-17)14(21)18-12)11-8(15)3-2-4-9(11)16/h2-4,7,10H,1H3,(H,18,21)(H,19,20). The zero-order valence-corrected chi connectivity index (χ0v) is 11.7. The number of aromatic amines is 1. The molecule has 3 rings (SSSR count). The second-order valence-corrected chi connectivity index (χ2v) is 5.23. The number of hydrogen-bond donors (Lipinski definition) is 2. The second-order valence-electron chi connectivity index (χ2n) is 4.82. The van der Waals surface area contributed by atoms with Crippen molar-refractivity contribution in [2.24, 2.45) is 5.92 Å². The van der Waals surface area contributed by atoms with Gasteiger partial charge in [0, 0.05) is 10.6 Å². The first-order valence-electron chi connectivity index (χ1n) is 6.23. The van der Waals surface area contributed by atoms with Crippen molar-refractivity contribution in [1.82, 2.24) is 10.2 Å². The number of anilines is 1. The van der Waals surface area contributed by atoms with Crippen molar-refractivity contribution in [3.05, 3.63) is 46.0 Å². The van der Waals surface area contributed by atoms with Crippen LogP contribution in [0, 0.1) is 30.0 Å². The van der Waals surface area contributed by atoms with Gasteiger partial charge in [0.2, 0.25) is 5.91 Å². The third-order valence-corrected chi connectivity index (χ3v) is 3.91. The van der Waals surface area contributed by atoms with Crippen molar-refractivity contribution in [2.45, 2.75) is 12.8 Å². The summed E-state index contributed by atoms with van der Waals surface area (Å²) >= 11 is 6.09. The zero-order valence-electron chi connectivity index (χ0n) is 10.9. The first-order valence-corrected chi connectivity index (χ1v) is 6.61. The van der Waals surface area contributed by atoms with E-state index < -0.39 is 23.6 Å². The number of hydrogen-bond acceptors (Lipinski definition) is 3. The average Bonchev–Trinajstić information content (AvgIpc) is 2.80. The molecule has 2 atom stereocenters. The molecule has 1 aliphatic heterocycles. The number of nitrogens with zero attached hydrogens (tertiary/aromatic N) is 2. The van der Waals surface area contributed by atoms with Gasteiger partial charge in [-0.25, -0.2) is 4.39 Å². The number of aryl methyl sites for hydroxylation is 1. The lowest BCUT2D eigenvalue weighted by Crippen LogP contribution is -2.33. The number of aromatic nitrogens is 2. The van der Waals surface area contributed by atoms with Crippen LogP contribution < -0.4 is 5.32 Å². The Morgan fingerprint density at radius 1 is 1.48 bits per heavy atom. The molecule has 7 heteroatoms. The summed E-state index contributed by atoms with van der Waals surface area (Å²) in [6, 6.07) is 6.17. The molecule has 2 aromatic rings. The lowest BCUT2D eigenvalue weighted by Gasteiger charge is -2.27. The first-order chi connectivity index (χ1) is 10.0. The van der Waals surface area contributed by atoms with Crippen molar-refractivity contribution in [2.75, 3.05) is 5.32 Å². The van der Waals surface area contributed by atoms with Gasteiger partial charge in [0.15, 0.2) is 0 Å². The number of rotatable bonds is 1. The van der Waals surface area contributed by atoms with Crippen molar-refractivity contribution in [3.63, 3.8) is 0 Å². The van der Waals surface area contributed by atoms with Crippen molar-refractivity contribution in [1.29, 1.82) is 5.26 Å². The molecule has 2 unspecified atom stereocenters. The predicted octanol–water partition coefficient (Wildman–Crippen LogP) is 2.73. The van der Waals surface area contributed by atoms with Gasteiger partial charge in [0.1, 0.15) is 11.7 Å². The normalized spacial score (nSPS) is 20.6. The summed E-state index contributed by atoms with van der Waals surface area (Å²) in [6.07, 6.45) is 0. The minimum atomic E-state index is -1.09. The fraction of sp³-hybridized carbons (Fsp3) is 0.214. The van der Waals surface area contributed by atoms with Gasteiger partial charge in [-0.15, -0.1) is 0 Å². The molecule has 2 N–H and O–H groups in total. The molecule has 21 heavy (non-hydrogen) atoms. The number of H-pyrrole nitrogens is 1. The number of nitriles is 1. The SMILES string of the molecule is Cc1[nH]nc2c1NC(=O)C(C#N)C2c1c(F)cccc1Cl. The van der Waals surface area contributed by atoms with Crippen LogP contribution in [0.4, 0.5) is 10.1 Å². The van der Waals surface area contributed by atoms with E-state index in [1.165, 1.54) is 18.2 Å². The fourth-order valence-corrected chi connectivity index (χ4v) is 2.87. The summed E-state index contributed by atoms with van der Waals surface area (Å²) in [4.78, 5) is 12.1. The van der Waals surface area contributed by atoms with E-state index in [1.807, 2.05) is 6.07 Å². The Balaban J connectivity index is 2.28. The lowest BCUT2D eigenvalue weighted by molar-refractivity contribution is -0.119.